The third-order valence-corrected chi connectivity index (χ3v) is 6.76. The lowest BCUT2D eigenvalue weighted by Gasteiger charge is -2.26. The third-order valence-electron chi connectivity index (χ3n) is 4.87. The van der Waals surface area contributed by atoms with Crippen LogP contribution in [0.4, 0.5) is 5.69 Å². The number of carbonyl (C=O) groups excluding carboxylic acids is 1. The average molecular weight is 336 g/mol. The van der Waals surface area contributed by atoms with E-state index in [1.807, 2.05) is 13.8 Å². The number of amides is 1. The van der Waals surface area contributed by atoms with E-state index in [-0.39, 0.29) is 16.7 Å². The van der Waals surface area contributed by atoms with Crippen molar-refractivity contribution in [1.29, 1.82) is 0 Å². The van der Waals surface area contributed by atoms with Gasteiger partial charge in [0.15, 0.2) is 0 Å². The van der Waals surface area contributed by atoms with Gasteiger partial charge in [0.05, 0.1) is 4.90 Å². The molecule has 2 atom stereocenters. The molecule has 126 valence electrons. The summed E-state index contributed by atoms with van der Waals surface area (Å²) >= 11 is 0. The fourth-order valence-corrected chi connectivity index (χ4v) is 4.61. The predicted octanol–water partition coefficient (Wildman–Crippen LogP) is 2.76. The van der Waals surface area contributed by atoms with Crippen LogP contribution in [0.5, 0.6) is 0 Å². The molecule has 1 aromatic carbocycles. The molecule has 0 radical (unpaired) electrons. The molecular weight excluding hydrogens is 312 g/mol. The van der Waals surface area contributed by atoms with E-state index in [1.165, 1.54) is 0 Å². The number of hydrogen-bond acceptors (Lipinski definition) is 3. The Hall–Kier alpha value is -1.40. The van der Waals surface area contributed by atoms with E-state index in [0.717, 1.165) is 31.2 Å². The zero-order valence-corrected chi connectivity index (χ0v) is 14.5. The molecule has 23 heavy (non-hydrogen) atoms. The van der Waals surface area contributed by atoms with Crippen LogP contribution >= 0.6 is 0 Å². The van der Waals surface area contributed by atoms with Crippen molar-refractivity contribution in [3.63, 3.8) is 0 Å². The Bertz CT molecular complexity index is 709. The van der Waals surface area contributed by atoms with Gasteiger partial charge in [-0.15, -0.1) is 0 Å². The molecule has 2 aliphatic rings. The molecule has 1 saturated carbocycles. The topological polar surface area (TPSA) is 66.5 Å². The Labute approximate surface area is 138 Å². The summed E-state index contributed by atoms with van der Waals surface area (Å²) in [7, 11) is -3.47. The van der Waals surface area contributed by atoms with Crippen LogP contribution in [0.3, 0.4) is 0 Å². The molecule has 2 fully saturated rings. The molecule has 0 bridgehead atoms. The normalized spacial score (nSPS) is 25.1. The van der Waals surface area contributed by atoms with Crippen LogP contribution in [0.25, 0.3) is 0 Å². The minimum absolute atomic E-state index is 0.00637. The van der Waals surface area contributed by atoms with Crippen LogP contribution < -0.4 is 5.32 Å². The molecule has 1 amide bonds. The molecule has 1 aliphatic heterocycles. The van der Waals surface area contributed by atoms with Gasteiger partial charge in [0.2, 0.25) is 15.9 Å². The number of rotatable bonds is 4. The molecule has 3 rings (SSSR count). The Morgan fingerprint density at radius 3 is 2.48 bits per heavy atom. The minimum Gasteiger partial charge on any atom is -0.326 e. The second-order valence-electron chi connectivity index (χ2n) is 6.75. The number of anilines is 1. The van der Waals surface area contributed by atoms with Gasteiger partial charge in [-0.05, 0) is 49.8 Å². The Kier molecular flexibility index (Phi) is 4.47. The second-order valence-corrected chi connectivity index (χ2v) is 8.69. The molecule has 1 aliphatic carbocycles. The monoisotopic (exact) mass is 336 g/mol. The summed E-state index contributed by atoms with van der Waals surface area (Å²) in [5.41, 5.74) is 1.48. The lowest BCUT2D eigenvalue weighted by Crippen LogP contribution is -2.35. The highest BCUT2D eigenvalue weighted by molar-refractivity contribution is 7.89. The largest absolute Gasteiger partial charge is 0.326 e. The first-order chi connectivity index (χ1) is 10.9. The van der Waals surface area contributed by atoms with Crippen LogP contribution in [-0.4, -0.2) is 31.7 Å². The first-order valence-corrected chi connectivity index (χ1v) is 9.75. The number of hydrogen-bond donors (Lipinski definition) is 1. The van der Waals surface area contributed by atoms with Gasteiger partial charge in [0, 0.05) is 24.7 Å². The predicted molar refractivity (Wildman–Crippen MR) is 89.7 cm³/mol. The number of benzene rings is 1. The second kappa shape index (κ2) is 6.24. The fourth-order valence-electron chi connectivity index (χ4n) is 3.06. The highest BCUT2D eigenvalue weighted by atomic mass is 32.2. The third kappa shape index (κ3) is 3.43. The Morgan fingerprint density at radius 2 is 1.87 bits per heavy atom. The van der Waals surface area contributed by atoms with Crippen molar-refractivity contribution in [1.82, 2.24) is 4.31 Å². The quantitative estimate of drug-likeness (QED) is 0.919. The molecule has 1 N–H and O–H groups in total. The van der Waals surface area contributed by atoms with Gasteiger partial charge in [-0.2, -0.15) is 4.31 Å². The summed E-state index contributed by atoms with van der Waals surface area (Å²) in [5, 5.41) is 2.90. The van der Waals surface area contributed by atoms with Crippen molar-refractivity contribution in [2.75, 3.05) is 18.4 Å². The standard InChI is InChI=1S/C17H24N2O3S/c1-12-6-7-14(23(21,22)19-8-4-3-5-9-19)11-16(12)18-17(20)15-10-13(15)2/h6-7,11,13,15H,3-5,8-10H2,1-2H3,(H,18,20)/t13-,15+/m1/s1. The van der Waals surface area contributed by atoms with Crippen LogP contribution in [0, 0.1) is 18.8 Å². The number of sulfonamides is 1. The van der Waals surface area contributed by atoms with E-state index in [9.17, 15) is 13.2 Å². The van der Waals surface area contributed by atoms with E-state index in [2.05, 4.69) is 5.32 Å². The summed E-state index contributed by atoms with van der Waals surface area (Å²) < 4.78 is 27.0. The van der Waals surface area contributed by atoms with Gasteiger partial charge >= 0.3 is 0 Å². The smallest absolute Gasteiger partial charge is 0.243 e. The molecule has 0 spiro atoms. The van der Waals surface area contributed by atoms with Crippen molar-refractivity contribution < 1.29 is 13.2 Å². The van der Waals surface area contributed by atoms with Gasteiger partial charge in [-0.1, -0.05) is 19.4 Å². The maximum Gasteiger partial charge on any atom is 0.243 e. The van der Waals surface area contributed by atoms with Crippen LogP contribution in [0.1, 0.15) is 38.2 Å². The Morgan fingerprint density at radius 1 is 1.22 bits per heavy atom. The molecule has 0 aromatic heterocycles. The van der Waals surface area contributed by atoms with E-state index in [4.69, 9.17) is 0 Å². The van der Waals surface area contributed by atoms with Gasteiger partial charge in [-0.25, -0.2) is 8.42 Å². The van der Waals surface area contributed by atoms with Gasteiger partial charge in [-0.3, -0.25) is 4.79 Å². The lowest BCUT2D eigenvalue weighted by molar-refractivity contribution is -0.117. The fraction of sp³-hybridized carbons (Fsp3) is 0.588. The number of nitrogens with one attached hydrogen (secondary N) is 1. The van der Waals surface area contributed by atoms with E-state index >= 15 is 0 Å². The number of carbonyl (C=O) groups is 1. The van der Waals surface area contributed by atoms with Crippen LogP contribution in [0.2, 0.25) is 0 Å². The summed E-state index contributed by atoms with van der Waals surface area (Å²) in [6.07, 6.45) is 3.82. The zero-order valence-electron chi connectivity index (χ0n) is 13.7. The molecule has 1 saturated heterocycles. The summed E-state index contributed by atoms with van der Waals surface area (Å²) in [6.45, 7) is 5.09. The van der Waals surface area contributed by atoms with Crippen molar-refractivity contribution in [3.8, 4) is 0 Å². The first-order valence-electron chi connectivity index (χ1n) is 8.31. The van der Waals surface area contributed by atoms with Crippen molar-refractivity contribution in [2.45, 2.75) is 44.4 Å². The maximum absolute atomic E-state index is 12.7. The SMILES string of the molecule is Cc1ccc(S(=O)(=O)N2CCCCC2)cc1NC(=O)[C@H]1C[C@H]1C. The molecule has 1 heterocycles. The summed E-state index contributed by atoms with van der Waals surface area (Å²) in [6, 6.07) is 5.00. The van der Waals surface area contributed by atoms with Crippen LogP contribution in [0.15, 0.2) is 23.1 Å². The van der Waals surface area contributed by atoms with E-state index < -0.39 is 10.0 Å². The first kappa shape index (κ1) is 16.5. The molecule has 6 heteroatoms. The van der Waals surface area contributed by atoms with E-state index in [0.29, 0.717) is 24.7 Å². The van der Waals surface area contributed by atoms with Crippen molar-refractivity contribution in [2.24, 2.45) is 11.8 Å². The van der Waals surface area contributed by atoms with Crippen molar-refractivity contribution in [3.05, 3.63) is 23.8 Å². The highest BCUT2D eigenvalue weighted by Crippen LogP contribution is 2.38. The minimum atomic E-state index is -3.47. The average Bonchev–Trinajstić information content (AvgIpc) is 3.27. The molecule has 5 nitrogen and oxygen atoms in total. The number of nitrogens with zero attached hydrogens (tertiary/aromatic N) is 1. The van der Waals surface area contributed by atoms with E-state index in [1.54, 1.807) is 22.5 Å². The molecule has 0 unspecified atom stereocenters. The van der Waals surface area contributed by atoms with Gasteiger partial charge < -0.3 is 5.32 Å². The summed E-state index contributed by atoms with van der Waals surface area (Å²) in [4.78, 5) is 12.4. The zero-order chi connectivity index (χ0) is 16.6. The lowest BCUT2D eigenvalue weighted by atomic mass is 10.2. The maximum atomic E-state index is 12.7. The summed E-state index contributed by atoms with van der Waals surface area (Å²) in [5.74, 6) is 0.487. The number of aryl methyl sites for hydroxylation is 1. The van der Waals surface area contributed by atoms with Gasteiger partial charge in [0.25, 0.3) is 0 Å². The number of piperidine rings is 1. The highest BCUT2D eigenvalue weighted by Gasteiger charge is 2.39. The molecular formula is C17H24N2O3S. The Balaban J connectivity index is 1.83. The van der Waals surface area contributed by atoms with Crippen LogP contribution in [-0.2, 0) is 14.8 Å². The van der Waals surface area contributed by atoms with Crippen molar-refractivity contribution >= 4 is 21.6 Å². The molecule has 1 aromatic rings. The van der Waals surface area contributed by atoms with Gasteiger partial charge in [0.1, 0.15) is 0 Å².